The fourth-order valence-electron chi connectivity index (χ4n) is 4.30. The third-order valence-corrected chi connectivity index (χ3v) is 5.89. The molecule has 2 heterocycles. The lowest BCUT2D eigenvalue weighted by Gasteiger charge is -2.26. The number of hydrogen-bond donors (Lipinski definition) is 3. The van der Waals surface area contributed by atoms with Gasteiger partial charge in [-0.2, -0.15) is 0 Å². The van der Waals surface area contributed by atoms with Crippen LogP contribution in [0.3, 0.4) is 0 Å². The van der Waals surface area contributed by atoms with Gasteiger partial charge in [0.2, 0.25) is 11.8 Å². The van der Waals surface area contributed by atoms with Gasteiger partial charge in [0.1, 0.15) is 0 Å². The molecular weight excluding hydrogens is 517 g/mol. The fourth-order valence-corrected chi connectivity index (χ4v) is 4.30. The van der Waals surface area contributed by atoms with Gasteiger partial charge in [0.15, 0.2) is 5.96 Å². The smallest absolute Gasteiger partial charge is 0.227 e. The van der Waals surface area contributed by atoms with E-state index in [9.17, 15) is 9.59 Å². The van der Waals surface area contributed by atoms with Crippen molar-refractivity contribution in [1.29, 1.82) is 0 Å². The van der Waals surface area contributed by atoms with Gasteiger partial charge < -0.3 is 20.9 Å². The van der Waals surface area contributed by atoms with Crippen LogP contribution in [0.2, 0.25) is 0 Å². The van der Waals surface area contributed by atoms with E-state index in [4.69, 9.17) is 0 Å². The van der Waals surface area contributed by atoms with Crippen molar-refractivity contribution < 1.29 is 9.59 Å². The summed E-state index contributed by atoms with van der Waals surface area (Å²) in [4.78, 5) is 30.8. The maximum atomic E-state index is 12.6. The Hall–Kier alpha value is -2.62. The molecule has 170 valence electrons. The van der Waals surface area contributed by atoms with Gasteiger partial charge in [0.25, 0.3) is 0 Å². The minimum absolute atomic E-state index is 0. The van der Waals surface area contributed by atoms with Crippen LogP contribution in [0, 0.1) is 0 Å². The highest BCUT2D eigenvalue weighted by Gasteiger charge is 2.25. The molecule has 2 aliphatic heterocycles. The Balaban J connectivity index is 0.00000289. The van der Waals surface area contributed by atoms with Crippen molar-refractivity contribution >= 4 is 53.1 Å². The molecule has 2 aromatic carbocycles. The molecule has 2 aliphatic rings. The van der Waals surface area contributed by atoms with E-state index in [0.717, 1.165) is 36.3 Å². The number of halogens is 1. The Morgan fingerprint density at radius 3 is 2.78 bits per heavy atom. The van der Waals surface area contributed by atoms with E-state index in [-0.39, 0.29) is 41.7 Å². The largest absolute Gasteiger partial charge is 0.356 e. The molecule has 1 unspecified atom stereocenters. The van der Waals surface area contributed by atoms with Crippen molar-refractivity contribution in [2.24, 2.45) is 4.99 Å². The standard InChI is InChI=1S/C24H29N5O2.HI/c1-25-24(27-16-18-15-22(30)28-20-9-4-3-8-19(18)20)26-13-6-11-23(31)29-14-12-17-7-2-5-10-21(17)29;/h2-5,7-10,18H,6,11-16H2,1H3,(H,28,30)(H2,25,26,27);1H. The van der Waals surface area contributed by atoms with E-state index in [1.807, 2.05) is 41.3 Å². The van der Waals surface area contributed by atoms with Crippen molar-refractivity contribution in [1.82, 2.24) is 10.6 Å². The van der Waals surface area contributed by atoms with E-state index < -0.39 is 0 Å². The molecule has 1 atom stereocenters. The first kappa shape index (κ1) is 24.0. The van der Waals surface area contributed by atoms with Crippen LogP contribution in [0.4, 0.5) is 11.4 Å². The summed E-state index contributed by atoms with van der Waals surface area (Å²) >= 11 is 0. The number of rotatable bonds is 6. The second kappa shape index (κ2) is 11.3. The van der Waals surface area contributed by atoms with Gasteiger partial charge in [0, 0.05) is 56.8 Å². The summed E-state index contributed by atoms with van der Waals surface area (Å²) in [5.41, 5.74) is 4.32. The number of amides is 2. The van der Waals surface area contributed by atoms with E-state index in [1.54, 1.807) is 7.05 Å². The van der Waals surface area contributed by atoms with Gasteiger partial charge in [-0.1, -0.05) is 36.4 Å². The van der Waals surface area contributed by atoms with Crippen molar-refractivity contribution in [3.63, 3.8) is 0 Å². The maximum Gasteiger partial charge on any atom is 0.227 e. The first-order chi connectivity index (χ1) is 15.2. The number of nitrogens with zero attached hydrogens (tertiary/aromatic N) is 2. The third-order valence-electron chi connectivity index (χ3n) is 5.89. The Kier molecular flexibility index (Phi) is 8.49. The van der Waals surface area contributed by atoms with E-state index in [2.05, 4.69) is 33.1 Å². The number of aliphatic imine (C=N–C) groups is 1. The third kappa shape index (κ3) is 5.59. The fraction of sp³-hybridized carbons (Fsp3) is 0.375. The Labute approximate surface area is 206 Å². The van der Waals surface area contributed by atoms with Gasteiger partial charge in [-0.25, -0.2) is 0 Å². The molecule has 2 aromatic rings. The molecule has 2 amide bonds. The molecule has 32 heavy (non-hydrogen) atoms. The lowest BCUT2D eigenvalue weighted by Crippen LogP contribution is -2.41. The molecular formula is C24H30IN5O2. The van der Waals surface area contributed by atoms with Gasteiger partial charge in [-0.3, -0.25) is 14.6 Å². The number of hydrogen-bond acceptors (Lipinski definition) is 3. The van der Waals surface area contributed by atoms with E-state index in [1.165, 1.54) is 5.56 Å². The van der Waals surface area contributed by atoms with Crippen LogP contribution >= 0.6 is 24.0 Å². The van der Waals surface area contributed by atoms with Gasteiger partial charge in [-0.15, -0.1) is 24.0 Å². The topological polar surface area (TPSA) is 85.8 Å². The molecule has 4 rings (SSSR count). The molecule has 0 bridgehead atoms. The predicted octanol–water partition coefficient (Wildman–Crippen LogP) is 3.26. The summed E-state index contributed by atoms with van der Waals surface area (Å²) in [5.74, 6) is 0.984. The predicted molar refractivity (Wildman–Crippen MR) is 139 cm³/mol. The average Bonchev–Trinajstić information content (AvgIpc) is 3.22. The zero-order valence-corrected chi connectivity index (χ0v) is 20.6. The molecule has 0 saturated heterocycles. The SMILES string of the molecule is CN=C(NCCCC(=O)N1CCc2ccccc21)NCC1CC(=O)Nc2ccccc21.I. The molecule has 0 aromatic heterocycles. The Morgan fingerprint density at radius 2 is 1.94 bits per heavy atom. The second-order valence-electron chi connectivity index (χ2n) is 7.94. The number of fused-ring (bicyclic) bond motifs is 2. The van der Waals surface area contributed by atoms with Crippen molar-refractivity contribution in [3.05, 3.63) is 59.7 Å². The number of guanidine groups is 1. The van der Waals surface area contributed by atoms with Crippen molar-refractivity contribution in [2.45, 2.75) is 31.6 Å². The summed E-state index contributed by atoms with van der Waals surface area (Å²) in [6, 6.07) is 16.0. The van der Waals surface area contributed by atoms with Crippen LogP contribution in [0.25, 0.3) is 0 Å². The summed E-state index contributed by atoms with van der Waals surface area (Å²) in [5, 5.41) is 9.52. The van der Waals surface area contributed by atoms with Crippen molar-refractivity contribution in [3.8, 4) is 0 Å². The zero-order valence-electron chi connectivity index (χ0n) is 18.3. The minimum atomic E-state index is 0. The minimum Gasteiger partial charge on any atom is -0.356 e. The Bertz CT molecular complexity index is 994. The number of para-hydroxylation sites is 2. The normalized spacial score (nSPS) is 17.0. The molecule has 7 nitrogen and oxygen atoms in total. The summed E-state index contributed by atoms with van der Waals surface area (Å²) < 4.78 is 0. The summed E-state index contributed by atoms with van der Waals surface area (Å²) in [6.45, 7) is 2.04. The average molecular weight is 547 g/mol. The first-order valence-corrected chi connectivity index (χ1v) is 10.9. The lowest BCUT2D eigenvalue weighted by molar-refractivity contribution is -0.118. The number of carbonyl (C=O) groups excluding carboxylic acids is 2. The number of nitrogens with one attached hydrogen (secondary N) is 3. The van der Waals surface area contributed by atoms with Crippen LogP contribution in [0.1, 0.15) is 36.3 Å². The van der Waals surface area contributed by atoms with Crippen LogP contribution in [-0.2, 0) is 16.0 Å². The second-order valence-corrected chi connectivity index (χ2v) is 7.94. The van der Waals surface area contributed by atoms with Crippen LogP contribution in [0.15, 0.2) is 53.5 Å². The maximum absolute atomic E-state index is 12.6. The number of benzene rings is 2. The molecule has 8 heteroatoms. The van der Waals surface area contributed by atoms with Gasteiger partial charge >= 0.3 is 0 Å². The van der Waals surface area contributed by atoms with Gasteiger partial charge in [0.05, 0.1) is 0 Å². The zero-order chi connectivity index (χ0) is 21.6. The molecule has 3 N–H and O–H groups in total. The van der Waals surface area contributed by atoms with Gasteiger partial charge in [-0.05, 0) is 36.1 Å². The Morgan fingerprint density at radius 1 is 1.16 bits per heavy atom. The van der Waals surface area contributed by atoms with E-state index in [0.29, 0.717) is 31.9 Å². The lowest BCUT2D eigenvalue weighted by atomic mass is 9.90. The molecule has 0 saturated carbocycles. The van der Waals surface area contributed by atoms with Crippen LogP contribution in [-0.4, -0.2) is 44.5 Å². The van der Waals surface area contributed by atoms with Crippen LogP contribution in [0.5, 0.6) is 0 Å². The molecule has 0 aliphatic carbocycles. The highest BCUT2D eigenvalue weighted by Crippen LogP contribution is 2.31. The summed E-state index contributed by atoms with van der Waals surface area (Å²) in [6.07, 6.45) is 2.60. The molecule has 0 fully saturated rings. The summed E-state index contributed by atoms with van der Waals surface area (Å²) in [7, 11) is 1.73. The quantitative estimate of drug-likeness (QED) is 0.224. The highest BCUT2D eigenvalue weighted by atomic mass is 127. The number of carbonyl (C=O) groups is 2. The van der Waals surface area contributed by atoms with Crippen molar-refractivity contribution in [2.75, 3.05) is 36.9 Å². The van der Waals surface area contributed by atoms with Crippen LogP contribution < -0.4 is 20.9 Å². The monoisotopic (exact) mass is 547 g/mol. The van der Waals surface area contributed by atoms with E-state index >= 15 is 0 Å². The molecule has 0 spiro atoms. The molecule has 0 radical (unpaired) electrons. The number of anilines is 2. The first-order valence-electron chi connectivity index (χ1n) is 10.9. The highest BCUT2D eigenvalue weighted by molar-refractivity contribution is 14.0.